The van der Waals surface area contributed by atoms with Gasteiger partial charge in [-0.15, -0.1) is 0 Å². The summed E-state index contributed by atoms with van der Waals surface area (Å²) in [7, 11) is -4.17. The topological polar surface area (TPSA) is 13.1 Å². The fraction of sp³-hybridized carbons (Fsp3) is 0.333. The molecule has 1 aromatic heterocycles. The van der Waals surface area contributed by atoms with Gasteiger partial charge in [-0.05, 0) is 12.1 Å². The molecule has 1 nitrogen and oxygen atoms in total. The minimum Gasteiger partial charge on any atom is -0.468 e. The van der Waals surface area contributed by atoms with Crippen molar-refractivity contribution in [2.75, 3.05) is 0 Å². The predicted molar refractivity (Wildman–Crippen MR) is 36.8 cm³/mol. The molecule has 0 bridgehead atoms. The molecule has 1 rings (SSSR count). The van der Waals surface area contributed by atoms with Crippen molar-refractivity contribution in [2.24, 2.45) is 0 Å². The number of halogens is 2. The molecule has 56 valence electrons. The minimum absolute atomic E-state index is 0.0828. The van der Waals surface area contributed by atoms with Crippen LogP contribution < -0.4 is 5.38 Å². The molecule has 0 spiro atoms. The predicted octanol–water partition coefficient (Wildman–Crippen LogP) is 1.89. The zero-order valence-electron chi connectivity index (χ0n) is 5.60. The van der Waals surface area contributed by atoms with E-state index in [2.05, 4.69) is 4.42 Å². The van der Waals surface area contributed by atoms with Crippen molar-refractivity contribution in [1.82, 2.24) is 0 Å². The second kappa shape index (κ2) is 2.54. The summed E-state index contributed by atoms with van der Waals surface area (Å²) in [6, 6.07) is 2.75. The second-order valence-electron chi connectivity index (χ2n) is 2.04. The molecule has 1 heterocycles. The molecule has 0 fully saturated rings. The van der Waals surface area contributed by atoms with E-state index < -0.39 is 8.74 Å². The molecular formula is C6H8F2OSi. The number of hydrogen-bond donors (Lipinski definition) is 0. The molecule has 0 saturated heterocycles. The highest BCUT2D eigenvalue weighted by Gasteiger charge is 2.38. The Morgan fingerprint density at radius 3 is 2.70 bits per heavy atom. The van der Waals surface area contributed by atoms with Crippen LogP contribution in [0.5, 0.6) is 0 Å². The van der Waals surface area contributed by atoms with Crippen LogP contribution in [0.25, 0.3) is 0 Å². The summed E-state index contributed by atoms with van der Waals surface area (Å²) in [6.45, 7) is 1.48. The second-order valence-corrected chi connectivity index (χ2v) is 4.64. The Bertz CT molecular complexity index is 196. The van der Waals surface area contributed by atoms with E-state index in [0.29, 0.717) is 0 Å². The van der Waals surface area contributed by atoms with Crippen LogP contribution in [0.15, 0.2) is 22.8 Å². The molecular weight excluding hydrogens is 154 g/mol. The lowest BCUT2D eigenvalue weighted by atomic mass is 10.7. The Morgan fingerprint density at radius 2 is 2.30 bits per heavy atom. The molecule has 0 saturated carbocycles. The van der Waals surface area contributed by atoms with Gasteiger partial charge < -0.3 is 4.42 Å². The van der Waals surface area contributed by atoms with E-state index >= 15 is 0 Å². The molecule has 1 aromatic rings. The van der Waals surface area contributed by atoms with Gasteiger partial charge in [0.15, 0.2) is 5.38 Å². The number of hydrogen-bond acceptors (Lipinski definition) is 1. The molecule has 0 unspecified atom stereocenters. The van der Waals surface area contributed by atoms with Crippen LogP contribution in [0.1, 0.15) is 6.92 Å². The lowest BCUT2D eigenvalue weighted by Gasteiger charge is -2.04. The summed E-state index contributed by atoms with van der Waals surface area (Å²) in [5, 5.41) is -0.116. The highest BCUT2D eigenvalue weighted by molar-refractivity contribution is 6.78. The molecule has 0 N–H and O–H groups in total. The van der Waals surface area contributed by atoms with Crippen molar-refractivity contribution in [1.29, 1.82) is 0 Å². The van der Waals surface area contributed by atoms with Gasteiger partial charge in [0.1, 0.15) is 0 Å². The maximum atomic E-state index is 12.8. The third kappa shape index (κ3) is 1.26. The number of rotatable bonds is 2. The molecule has 0 amide bonds. The first-order chi connectivity index (χ1) is 4.67. The van der Waals surface area contributed by atoms with Crippen molar-refractivity contribution in [3.05, 3.63) is 18.4 Å². The molecule has 4 heteroatoms. The molecule has 0 radical (unpaired) electrons. The molecule has 0 aliphatic rings. The lowest BCUT2D eigenvalue weighted by Crippen LogP contribution is -2.36. The summed E-state index contributed by atoms with van der Waals surface area (Å²) < 4.78 is 30.1. The van der Waals surface area contributed by atoms with Crippen molar-refractivity contribution in [2.45, 2.75) is 13.0 Å². The molecule has 0 aliphatic heterocycles. The Morgan fingerprint density at radius 1 is 1.60 bits per heavy atom. The zero-order valence-corrected chi connectivity index (χ0v) is 6.60. The first kappa shape index (κ1) is 7.46. The van der Waals surface area contributed by atoms with Crippen molar-refractivity contribution in [3.63, 3.8) is 0 Å². The van der Waals surface area contributed by atoms with E-state index in [9.17, 15) is 8.22 Å². The first-order valence-corrected chi connectivity index (χ1v) is 5.05. The molecule has 0 aromatic carbocycles. The Balaban J connectivity index is 2.85. The van der Waals surface area contributed by atoms with Crippen molar-refractivity contribution in [3.8, 4) is 0 Å². The van der Waals surface area contributed by atoms with Crippen LogP contribution in [0, 0.1) is 0 Å². The van der Waals surface area contributed by atoms with Crippen LogP contribution in [0.4, 0.5) is 8.22 Å². The first-order valence-electron chi connectivity index (χ1n) is 3.08. The monoisotopic (exact) mass is 162 g/mol. The van der Waals surface area contributed by atoms with E-state index in [-0.39, 0.29) is 11.4 Å². The van der Waals surface area contributed by atoms with Crippen LogP contribution >= 0.6 is 0 Å². The van der Waals surface area contributed by atoms with Gasteiger partial charge in [-0.2, -0.15) is 0 Å². The summed E-state index contributed by atoms with van der Waals surface area (Å²) in [4.78, 5) is 0. The van der Waals surface area contributed by atoms with Crippen LogP contribution in [-0.4, -0.2) is 8.74 Å². The van der Waals surface area contributed by atoms with Gasteiger partial charge in [0, 0.05) is 6.04 Å². The van der Waals surface area contributed by atoms with E-state index in [1.54, 1.807) is 0 Å². The lowest BCUT2D eigenvalue weighted by molar-refractivity contribution is 0.544. The van der Waals surface area contributed by atoms with Crippen molar-refractivity contribution < 1.29 is 12.6 Å². The molecule has 0 atom stereocenters. The van der Waals surface area contributed by atoms with Crippen LogP contribution in [0.3, 0.4) is 0 Å². The molecule has 0 aliphatic carbocycles. The molecule has 10 heavy (non-hydrogen) atoms. The zero-order chi connectivity index (χ0) is 7.61. The highest BCUT2D eigenvalue weighted by atomic mass is 28.4. The van der Waals surface area contributed by atoms with Gasteiger partial charge in [0.05, 0.1) is 6.26 Å². The van der Waals surface area contributed by atoms with Gasteiger partial charge in [-0.3, -0.25) is 8.22 Å². The largest absolute Gasteiger partial charge is 0.488 e. The van der Waals surface area contributed by atoms with Gasteiger partial charge in [0.25, 0.3) is 0 Å². The SMILES string of the molecule is CC[Si](F)(F)c1ccco1. The maximum absolute atomic E-state index is 12.8. The van der Waals surface area contributed by atoms with Gasteiger partial charge >= 0.3 is 8.74 Å². The fourth-order valence-corrected chi connectivity index (χ4v) is 1.59. The summed E-state index contributed by atoms with van der Waals surface area (Å²) in [6.07, 6.45) is 1.28. The summed E-state index contributed by atoms with van der Waals surface area (Å²) >= 11 is 0. The van der Waals surface area contributed by atoms with Crippen LogP contribution in [0.2, 0.25) is 6.04 Å². The number of furan rings is 1. The van der Waals surface area contributed by atoms with E-state index in [4.69, 9.17) is 0 Å². The third-order valence-corrected chi connectivity index (χ3v) is 3.22. The van der Waals surface area contributed by atoms with Crippen LogP contribution in [-0.2, 0) is 0 Å². The van der Waals surface area contributed by atoms with Gasteiger partial charge in [0.2, 0.25) is 0 Å². The normalized spacial score (nSPS) is 11.9. The third-order valence-electron chi connectivity index (χ3n) is 1.33. The van der Waals surface area contributed by atoms with Crippen molar-refractivity contribution >= 4 is 14.1 Å². The Kier molecular flexibility index (Phi) is 1.89. The van der Waals surface area contributed by atoms with E-state index in [0.717, 1.165) is 0 Å². The average Bonchev–Trinajstić information content (AvgIpc) is 2.38. The Hall–Kier alpha value is -0.643. The highest BCUT2D eigenvalue weighted by Crippen LogP contribution is 2.12. The van der Waals surface area contributed by atoms with E-state index in [1.807, 2.05) is 0 Å². The minimum atomic E-state index is -4.17. The van der Waals surface area contributed by atoms with E-state index in [1.165, 1.54) is 25.3 Å². The summed E-state index contributed by atoms with van der Waals surface area (Å²) in [5.41, 5.74) is 0. The average molecular weight is 162 g/mol. The quantitative estimate of drug-likeness (QED) is 0.478. The maximum Gasteiger partial charge on any atom is 0.488 e. The smallest absolute Gasteiger partial charge is 0.468 e. The van der Waals surface area contributed by atoms with Gasteiger partial charge in [-0.1, -0.05) is 6.92 Å². The standard InChI is InChI=1S/C6H8F2OSi/c1-2-10(7,8)6-4-3-5-9-6/h3-5H,2H2,1H3. The summed E-state index contributed by atoms with van der Waals surface area (Å²) in [5.74, 6) is 0. The fourth-order valence-electron chi connectivity index (χ4n) is 0.661. The Labute approximate surface area is 59.0 Å². The van der Waals surface area contributed by atoms with Gasteiger partial charge in [-0.25, -0.2) is 0 Å².